The Balaban J connectivity index is 1.80. The highest BCUT2D eigenvalue weighted by molar-refractivity contribution is 5.89. The normalized spacial score (nSPS) is 22.4. The SMILES string of the molecule is O=C(Nc1ccccc1)N[C@H]1CC[C@@H](C(=O)O)C1. The molecule has 2 amide bonds. The van der Waals surface area contributed by atoms with Gasteiger partial charge in [0, 0.05) is 11.7 Å². The molecule has 1 aliphatic rings. The molecule has 0 bridgehead atoms. The minimum atomic E-state index is -0.775. The van der Waals surface area contributed by atoms with E-state index in [-0.39, 0.29) is 18.0 Å². The van der Waals surface area contributed by atoms with Crippen LogP contribution in [0.15, 0.2) is 30.3 Å². The molecular weight excluding hydrogens is 232 g/mol. The molecule has 0 spiro atoms. The van der Waals surface area contributed by atoms with Crippen molar-refractivity contribution in [1.29, 1.82) is 0 Å². The predicted molar refractivity (Wildman–Crippen MR) is 67.4 cm³/mol. The van der Waals surface area contributed by atoms with Crippen LogP contribution < -0.4 is 10.6 Å². The molecule has 0 aliphatic heterocycles. The number of amides is 2. The molecule has 1 aromatic rings. The van der Waals surface area contributed by atoms with Gasteiger partial charge in [-0.2, -0.15) is 0 Å². The lowest BCUT2D eigenvalue weighted by Gasteiger charge is -2.13. The first-order valence-corrected chi connectivity index (χ1v) is 6.00. The van der Waals surface area contributed by atoms with Crippen molar-refractivity contribution in [3.05, 3.63) is 30.3 Å². The number of carbonyl (C=O) groups is 2. The maximum absolute atomic E-state index is 11.7. The molecule has 0 radical (unpaired) electrons. The average molecular weight is 248 g/mol. The van der Waals surface area contributed by atoms with Crippen molar-refractivity contribution in [3.8, 4) is 0 Å². The number of rotatable bonds is 3. The van der Waals surface area contributed by atoms with E-state index >= 15 is 0 Å². The Morgan fingerprint density at radius 3 is 2.50 bits per heavy atom. The quantitative estimate of drug-likeness (QED) is 0.766. The third-order valence-corrected chi connectivity index (χ3v) is 3.15. The summed E-state index contributed by atoms with van der Waals surface area (Å²) in [5.74, 6) is -1.10. The Bertz CT molecular complexity index is 433. The van der Waals surface area contributed by atoms with Crippen molar-refractivity contribution >= 4 is 17.7 Å². The molecule has 1 aliphatic carbocycles. The lowest BCUT2D eigenvalue weighted by Crippen LogP contribution is -2.36. The summed E-state index contributed by atoms with van der Waals surface area (Å²) >= 11 is 0. The first kappa shape index (κ1) is 12.4. The number of hydrogen-bond donors (Lipinski definition) is 3. The zero-order valence-electron chi connectivity index (χ0n) is 9.93. The standard InChI is InChI=1S/C13H16N2O3/c16-12(17)9-6-7-11(8-9)15-13(18)14-10-4-2-1-3-5-10/h1-5,9,11H,6-8H2,(H,16,17)(H2,14,15,18)/t9-,11+/m1/s1. The number of hydrogen-bond acceptors (Lipinski definition) is 2. The number of carboxylic acids is 1. The van der Waals surface area contributed by atoms with Crippen LogP contribution in [-0.2, 0) is 4.79 Å². The van der Waals surface area contributed by atoms with Gasteiger partial charge >= 0.3 is 12.0 Å². The largest absolute Gasteiger partial charge is 0.481 e. The van der Waals surface area contributed by atoms with Gasteiger partial charge in [0.15, 0.2) is 0 Å². The van der Waals surface area contributed by atoms with E-state index in [2.05, 4.69) is 10.6 Å². The average Bonchev–Trinajstić information content (AvgIpc) is 2.78. The smallest absolute Gasteiger partial charge is 0.319 e. The molecule has 96 valence electrons. The fraction of sp³-hybridized carbons (Fsp3) is 0.385. The Kier molecular flexibility index (Phi) is 3.82. The molecule has 5 heteroatoms. The van der Waals surface area contributed by atoms with Crippen molar-refractivity contribution in [3.63, 3.8) is 0 Å². The van der Waals surface area contributed by atoms with Gasteiger partial charge in [-0.25, -0.2) is 4.79 Å². The minimum absolute atomic E-state index is 0.0465. The van der Waals surface area contributed by atoms with Crippen LogP contribution in [0, 0.1) is 5.92 Å². The van der Waals surface area contributed by atoms with Crippen LogP contribution in [0.3, 0.4) is 0 Å². The molecule has 0 unspecified atom stereocenters. The number of aliphatic carboxylic acids is 1. The summed E-state index contributed by atoms with van der Waals surface area (Å²) in [6, 6.07) is 8.82. The highest BCUT2D eigenvalue weighted by Gasteiger charge is 2.30. The summed E-state index contributed by atoms with van der Waals surface area (Å²) in [6.45, 7) is 0. The Morgan fingerprint density at radius 2 is 1.89 bits per heavy atom. The van der Waals surface area contributed by atoms with Crippen LogP contribution in [0.5, 0.6) is 0 Å². The molecule has 0 aromatic heterocycles. The van der Waals surface area contributed by atoms with Crippen LogP contribution in [0.25, 0.3) is 0 Å². The number of nitrogens with one attached hydrogen (secondary N) is 2. The lowest BCUT2D eigenvalue weighted by atomic mass is 10.1. The van der Waals surface area contributed by atoms with Crippen LogP contribution in [0.2, 0.25) is 0 Å². The summed E-state index contributed by atoms with van der Waals surface area (Å²) < 4.78 is 0. The number of para-hydroxylation sites is 1. The van der Waals surface area contributed by atoms with Gasteiger partial charge < -0.3 is 15.7 Å². The zero-order chi connectivity index (χ0) is 13.0. The zero-order valence-corrected chi connectivity index (χ0v) is 9.93. The second-order valence-electron chi connectivity index (χ2n) is 4.51. The second-order valence-corrected chi connectivity index (χ2v) is 4.51. The topological polar surface area (TPSA) is 78.4 Å². The molecule has 2 atom stereocenters. The summed E-state index contributed by atoms with van der Waals surface area (Å²) in [7, 11) is 0. The first-order chi connectivity index (χ1) is 8.65. The molecule has 2 rings (SSSR count). The van der Waals surface area contributed by atoms with E-state index in [1.807, 2.05) is 18.2 Å². The minimum Gasteiger partial charge on any atom is -0.481 e. The summed E-state index contributed by atoms with van der Waals surface area (Å²) in [5.41, 5.74) is 0.725. The van der Waals surface area contributed by atoms with Gasteiger partial charge in [0.25, 0.3) is 0 Å². The highest BCUT2D eigenvalue weighted by atomic mass is 16.4. The fourth-order valence-corrected chi connectivity index (χ4v) is 2.21. The van der Waals surface area contributed by atoms with Crippen molar-refractivity contribution in [1.82, 2.24) is 5.32 Å². The van der Waals surface area contributed by atoms with Crippen LogP contribution in [0.4, 0.5) is 10.5 Å². The number of carboxylic acid groups (broad SMARTS) is 1. The van der Waals surface area contributed by atoms with E-state index < -0.39 is 5.97 Å². The second kappa shape index (κ2) is 5.53. The third-order valence-electron chi connectivity index (χ3n) is 3.15. The molecule has 3 N–H and O–H groups in total. The predicted octanol–water partition coefficient (Wildman–Crippen LogP) is 2.06. The van der Waals surface area contributed by atoms with Gasteiger partial charge in [0.1, 0.15) is 0 Å². The van der Waals surface area contributed by atoms with Gasteiger partial charge in [0.2, 0.25) is 0 Å². The van der Waals surface area contributed by atoms with E-state index in [0.29, 0.717) is 12.8 Å². The van der Waals surface area contributed by atoms with E-state index in [1.165, 1.54) is 0 Å². The van der Waals surface area contributed by atoms with Crippen LogP contribution >= 0.6 is 0 Å². The van der Waals surface area contributed by atoms with Gasteiger partial charge in [-0.3, -0.25) is 4.79 Å². The van der Waals surface area contributed by atoms with Gasteiger partial charge in [-0.15, -0.1) is 0 Å². The van der Waals surface area contributed by atoms with Gasteiger partial charge in [-0.1, -0.05) is 18.2 Å². The molecule has 0 heterocycles. The Labute approximate surface area is 105 Å². The van der Waals surface area contributed by atoms with E-state index in [4.69, 9.17) is 5.11 Å². The van der Waals surface area contributed by atoms with E-state index in [0.717, 1.165) is 12.1 Å². The fourth-order valence-electron chi connectivity index (χ4n) is 2.21. The molecular formula is C13H16N2O3. The Hall–Kier alpha value is -2.04. The van der Waals surface area contributed by atoms with Crippen molar-refractivity contribution in [2.75, 3.05) is 5.32 Å². The molecule has 1 aromatic carbocycles. The molecule has 18 heavy (non-hydrogen) atoms. The van der Waals surface area contributed by atoms with Crippen molar-refractivity contribution in [2.24, 2.45) is 5.92 Å². The van der Waals surface area contributed by atoms with E-state index in [1.54, 1.807) is 12.1 Å². The molecule has 0 saturated heterocycles. The number of benzene rings is 1. The first-order valence-electron chi connectivity index (χ1n) is 6.00. The maximum atomic E-state index is 11.7. The number of anilines is 1. The number of carbonyl (C=O) groups excluding carboxylic acids is 1. The maximum Gasteiger partial charge on any atom is 0.319 e. The molecule has 5 nitrogen and oxygen atoms in total. The van der Waals surface area contributed by atoms with E-state index in [9.17, 15) is 9.59 Å². The Morgan fingerprint density at radius 1 is 1.17 bits per heavy atom. The third kappa shape index (κ3) is 3.23. The lowest BCUT2D eigenvalue weighted by molar-refractivity contribution is -0.141. The highest BCUT2D eigenvalue weighted by Crippen LogP contribution is 2.25. The summed E-state index contributed by atoms with van der Waals surface area (Å²) in [5, 5.41) is 14.4. The number of urea groups is 1. The summed E-state index contributed by atoms with van der Waals surface area (Å²) in [6.07, 6.45) is 1.86. The summed E-state index contributed by atoms with van der Waals surface area (Å²) in [4.78, 5) is 22.5. The molecule has 1 fully saturated rings. The van der Waals surface area contributed by atoms with Crippen LogP contribution in [0.1, 0.15) is 19.3 Å². The monoisotopic (exact) mass is 248 g/mol. The van der Waals surface area contributed by atoms with Crippen molar-refractivity contribution in [2.45, 2.75) is 25.3 Å². The molecule has 1 saturated carbocycles. The van der Waals surface area contributed by atoms with Crippen LogP contribution in [-0.4, -0.2) is 23.1 Å². The van der Waals surface area contributed by atoms with Gasteiger partial charge in [0.05, 0.1) is 5.92 Å². The van der Waals surface area contributed by atoms with Gasteiger partial charge in [-0.05, 0) is 31.4 Å². The van der Waals surface area contributed by atoms with Crippen molar-refractivity contribution < 1.29 is 14.7 Å².